The van der Waals surface area contributed by atoms with Gasteiger partial charge in [-0.2, -0.15) is 8.78 Å². The fourth-order valence-corrected chi connectivity index (χ4v) is 1.63. The van der Waals surface area contributed by atoms with Gasteiger partial charge in [0.1, 0.15) is 0 Å². The molecule has 0 spiro atoms. The van der Waals surface area contributed by atoms with Crippen LogP contribution in [-0.2, 0) is 4.79 Å². The number of rotatable bonds is 5. The molecule has 0 radical (unpaired) electrons. The Balaban J connectivity index is 3.03. The minimum atomic E-state index is -4.80. The highest BCUT2D eigenvalue weighted by atomic mass is 19.3. The molecule has 0 saturated heterocycles. The molecule has 0 bridgehead atoms. The third-order valence-corrected chi connectivity index (χ3v) is 3.02. The van der Waals surface area contributed by atoms with Crippen LogP contribution >= 0.6 is 0 Å². The fraction of sp³-hybridized carbons (Fsp3) is 0.417. The smallest absolute Gasteiger partial charge is 0.334 e. The third-order valence-electron chi connectivity index (χ3n) is 3.02. The normalized spacial score (nSPS) is 13.1. The lowest BCUT2D eigenvalue weighted by Gasteiger charge is -2.28. The first-order valence-electron chi connectivity index (χ1n) is 5.76. The highest BCUT2D eigenvalue weighted by Crippen LogP contribution is 2.30. The fourth-order valence-electron chi connectivity index (χ4n) is 1.63. The molecule has 9 heteroatoms. The number of nitro benzene ring substituents is 1. The Bertz CT molecular complexity index is 551. The average Bonchev–Trinajstić information content (AvgIpc) is 2.44. The monoisotopic (exact) mass is 308 g/mol. The molecule has 0 saturated carbocycles. The van der Waals surface area contributed by atoms with E-state index in [2.05, 4.69) is 0 Å². The largest absolute Gasteiger partial charge is 0.383 e. The third kappa shape index (κ3) is 3.47. The van der Waals surface area contributed by atoms with Crippen molar-refractivity contribution in [1.82, 2.24) is 4.90 Å². The van der Waals surface area contributed by atoms with Crippen LogP contribution in [0.4, 0.5) is 23.2 Å². The van der Waals surface area contributed by atoms with Crippen LogP contribution in [0.5, 0.6) is 0 Å². The predicted octanol–water partition coefficient (Wildman–Crippen LogP) is 3.01. The lowest BCUT2D eigenvalue weighted by atomic mass is 10.1. The number of non-ortho nitro benzene ring substituents is 1. The van der Waals surface area contributed by atoms with Gasteiger partial charge in [0.05, 0.1) is 11.0 Å². The Morgan fingerprint density at radius 3 is 2.43 bits per heavy atom. The van der Waals surface area contributed by atoms with Crippen molar-refractivity contribution in [3.63, 3.8) is 0 Å². The highest BCUT2D eigenvalue weighted by molar-refractivity contribution is 5.84. The molecule has 21 heavy (non-hydrogen) atoms. The summed E-state index contributed by atoms with van der Waals surface area (Å²) in [5.74, 6) is -6.85. The maximum Gasteiger partial charge on any atom is 0.383 e. The molecule has 0 aliphatic rings. The average molecular weight is 308 g/mol. The molecule has 0 fully saturated rings. The van der Waals surface area contributed by atoms with E-state index in [1.807, 2.05) is 0 Å². The first-order chi connectivity index (χ1) is 9.59. The van der Waals surface area contributed by atoms with Gasteiger partial charge in [0, 0.05) is 19.2 Å². The molecule has 0 heterocycles. The summed E-state index contributed by atoms with van der Waals surface area (Å²) in [6.45, 7) is 1.30. The van der Waals surface area contributed by atoms with E-state index in [9.17, 15) is 32.5 Å². The van der Waals surface area contributed by atoms with E-state index in [1.54, 1.807) is 0 Å². The molecule has 1 aromatic carbocycles. The van der Waals surface area contributed by atoms with Gasteiger partial charge >= 0.3 is 12.3 Å². The number of carbonyl (C=O) groups is 1. The zero-order valence-electron chi connectivity index (χ0n) is 11.1. The van der Waals surface area contributed by atoms with Gasteiger partial charge < -0.3 is 4.90 Å². The number of hydrogen-bond donors (Lipinski definition) is 0. The number of carbonyl (C=O) groups excluding carboxylic acids is 1. The maximum atomic E-state index is 13.0. The molecule has 1 amide bonds. The quantitative estimate of drug-likeness (QED) is 0.477. The van der Waals surface area contributed by atoms with Gasteiger partial charge in [0.25, 0.3) is 11.6 Å². The van der Waals surface area contributed by atoms with Crippen LogP contribution in [0.3, 0.4) is 0 Å². The number of hydrogen-bond acceptors (Lipinski definition) is 3. The Kier molecular flexibility index (Phi) is 4.87. The molecule has 0 aliphatic heterocycles. The number of nitrogens with zero attached hydrogens (tertiary/aromatic N) is 2. The van der Waals surface area contributed by atoms with Crippen LogP contribution in [0.25, 0.3) is 0 Å². The molecular formula is C12H12F4N2O3. The first-order valence-corrected chi connectivity index (χ1v) is 5.76. The van der Waals surface area contributed by atoms with Gasteiger partial charge in [-0.25, -0.2) is 8.78 Å². The Labute approximate surface area is 117 Å². The zero-order chi connectivity index (χ0) is 16.4. The standard InChI is InChI=1S/C12H12F4N2O3/c1-7(8-4-3-5-9(6-8)18(20)21)17(2)11(19)12(15,16)10(13)14/h3-7,10H,1-2H3. The summed E-state index contributed by atoms with van der Waals surface area (Å²) in [4.78, 5) is 21.8. The Morgan fingerprint density at radius 2 is 1.95 bits per heavy atom. The number of benzene rings is 1. The molecule has 1 rings (SSSR count). The van der Waals surface area contributed by atoms with E-state index in [-0.39, 0.29) is 11.3 Å². The summed E-state index contributed by atoms with van der Waals surface area (Å²) in [6, 6.07) is 3.94. The summed E-state index contributed by atoms with van der Waals surface area (Å²) < 4.78 is 50.4. The predicted molar refractivity (Wildman–Crippen MR) is 65.2 cm³/mol. The van der Waals surface area contributed by atoms with Crippen LogP contribution in [0.2, 0.25) is 0 Å². The summed E-state index contributed by atoms with van der Waals surface area (Å²) in [5, 5.41) is 10.6. The molecule has 0 N–H and O–H groups in total. The molecular weight excluding hydrogens is 296 g/mol. The van der Waals surface area contributed by atoms with Crippen molar-refractivity contribution in [2.75, 3.05) is 7.05 Å². The number of alkyl halides is 4. The summed E-state index contributed by atoms with van der Waals surface area (Å²) in [7, 11) is 0.933. The SMILES string of the molecule is CC(c1cccc([N+](=O)[O-])c1)N(C)C(=O)C(F)(F)C(F)F. The minimum absolute atomic E-state index is 0.185. The van der Waals surface area contributed by atoms with Crippen molar-refractivity contribution >= 4 is 11.6 Å². The van der Waals surface area contributed by atoms with Crippen LogP contribution in [0, 0.1) is 10.1 Å². The van der Waals surface area contributed by atoms with E-state index < -0.39 is 29.2 Å². The van der Waals surface area contributed by atoms with Crippen molar-refractivity contribution in [2.45, 2.75) is 25.3 Å². The van der Waals surface area contributed by atoms with E-state index in [4.69, 9.17) is 0 Å². The molecule has 0 aliphatic carbocycles. The van der Waals surface area contributed by atoms with Crippen molar-refractivity contribution in [2.24, 2.45) is 0 Å². The second kappa shape index (κ2) is 6.06. The van der Waals surface area contributed by atoms with E-state index >= 15 is 0 Å². The summed E-state index contributed by atoms with van der Waals surface area (Å²) in [6.07, 6.45) is -4.12. The van der Waals surface area contributed by atoms with Crippen LogP contribution in [0.1, 0.15) is 18.5 Å². The van der Waals surface area contributed by atoms with Crippen LogP contribution in [-0.4, -0.2) is 35.1 Å². The maximum absolute atomic E-state index is 13.0. The zero-order valence-corrected chi connectivity index (χ0v) is 11.1. The molecule has 1 aromatic rings. The number of nitro groups is 1. The van der Waals surface area contributed by atoms with Gasteiger partial charge in [-0.05, 0) is 12.5 Å². The van der Waals surface area contributed by atoms with Gasteiger partial charge in [-0.3, -0.25) is 14.9 Å². The second-order valence-electron chi connectivity index (χ2n) is 4.37. The lowest BCUT2D eigenvalue weighted by Crippen LogP contribution is -2.46. The van der Waals surface area contributed by atoms with Crippen molar-refractivity contribution in [3.8, 4) is 0 Å². The summed E-state index contributed by atoms with van der Waals surface area (Å²) in [5.41, 5.74) is -0.106. The molecule has 1 unspecified atom stereocenters. The van der Waals surface area contributed by atoms with E-state index in [1.165, 1.54) is 25.1 Å². The van der Waals surface area contributed by atoms with Crippen molar-refractivity contribution in [1.29, 1.82) is 0 Å². The highest BCUT2D eigenvalue weighted by Gasteiger charge is 2.51. The first kappa shape index (κ1) is 16.9. The minimum Gasteiger partial charge on any atom is -0.334 e. The van der Waals surface area contributed by atoms with Gasteiger partial charge in [0.15, 0.2) is 0 Å². The topological polar surface area (TPSA) is 63.5 Å². The molecule has 0 aromatic heterocycles. The van der Waals surface area contributed by atoms with Crippen LogP contribution in [0.15, 0.2) is 24.3 Å². The van der Waals surface area contributed by atoms with E-state index in [0.29, 0.717) is 4.90 Å². The number of amides is 1. The Morgan fingerprint density at radius 1 is 1.38 bits per heavy atom. The second-order valence-corrected chi connectivity index (χ2v) is 4.37. The van der Waals surface area contributed by atoms with Gasteiger partial charge in [-0.15, -0.1) is 0 Å². The summed E-state index contributed by atoms with van der Waals surface area (Å²) >= 11 is 0. The molecule has 1 atom stereocenters. The van der Waals surface area contributed by atoms with Crippen molar-refractivity contribution in [3.05, 3.63) is 39.9 Å². The Hall–Kier alpha value is -2.19. The molecule has 5 nitrogen and oxygen atoms in total. The van der Waals surface area contributed by atoms with Crippen molar-refractivity contribution < 1.29 is 27.3 Å². The van der Waals surface area contributed by atoms with Gasteiger partial charge in [-0.1, -0.05) is 12.1 Å². The van der Waals surface area contributed by atoms with Gasteiger partial charge in [0.2, 0.25) is 0 Å². The molecule has 116 valence electrons. The number of halogens is 4. The van der Waals surface area contributed by atoms with E-state index in [0.717, 1.165) is 13.1 Å². The van der Waals surface area contributed by atoms with Crippen LogP contribution < -0.4 is 0 Å². The lowest BCUT2D eigenvalue weighted by molar-refractivity contribution is -0.384.